The number of halogens is 1. The number of benzene rings is 2. The Morgan fingerprint density at radius 1 is 1.20 bits per heavy atom. The lowest BCUT2D eigenvalue weighted by atomic mass is 10.0. The molecule has 3 aromatic rings. The molecule has 25 heavy (non-hydrogen) atoms. The molecule has 0 aliphatic rings. The molecule has 1 unspecified atom stereocenters. The Balaban J connectivity index is 1.87. The first kappa shape index (κ1) is 17.8. The maximum Gasteiger partial charge on any atom is 0.251 e. The molecule has 5 heteroatoms. The molecule has 0 bridgehead atoms. The predicted octanol–water partition coefficient (Wildman–Crippen LogP) is 4.78. The molecule has 0 spiro atoms. The molecule has 2 N–H and O–H groups in total. The van der Waals surface area contributed by atoms with Crippen molar-refractivity contribution in [3.05, 3.63) is 65.4 Å². The number of aromatic nitrogens is 1. The van der Waals surface area contributed by atoms with Gasteiger partial charge in [-0.15, -0.1) is 0 Å². The molecular weight excluding hydrogens is 427 g/mol. The van der Waals surface area contributed by atoms with Crippen molar-refractivity contribution in [1.29, 1.82) is 0 Å². The lowest BCUT2D eigenvalue weighted by Crippen LogP contribution is -2.29. The number of aromatic amines is 1. The Bertz CT molecular complexity index is 871. The quantitative estimate of drug-likeness (QED) is 0.421. The molecule has 1 amide bonds. The van der Waals surface area contributed by atoms with Crippen LogP contribution < -0.4 is 10.1 Å². The molecule has 0 saturated heterocycles. The standard InChI is InChI=1S/C20H21IN2O2/c1-13-16-5-3-4-6-17(16)22-19(13)18(11-12-21)23-20(24)14-7-9-15(25-2)10-8-14/h3-10,18,22H,11-12H2,1-2H3,(H,23,24). The number of ether oxygens (including phenoxy) is 1. The molecular formula is C20H21IN2O2. The summed E-state index contributed by atoms with van der Waals surface area (Å²) in [6.07, 6.45) is 0.871. The zero-order valence-corrected chi connectivity index (χ0v) is 16.5. The van der Waals surface area contributed by atoms with Gasteiger partial charge in [0.2, 0.25) is 0 Å². The van der Waals surface area contributed by atoms with E-state index in [1.165, 1.54) is 10.9 Å². The number of aryl methyl sites for hydroxylation is 1. The molecule has 1 aromatic heterocycles. The lowest BCUT2D eigenvalue weighted by molar-refractivity contribution is 0.0935. The first-order valence-electron chi connectivity index (χ1n) is 8.22. The van der Waals surface area contributed by atoms with Gasteiger partial charge in [-0.05, 0) is 49.2 Å². The molecule has 0 aliphatic carbocycles. The largest absolute Gasteiger partial charge is 0.497 e. The Morgan fingerprint density at radius 2 is 1.92 bits per heavy atom. The van der Waals surface area contributed by atoms with Crippen molar-refractivity contribution < 1.29 is 9.53 Å². The maximum atomic E-state index is 12.7. The number of methoxy groups -OCH3 is 1. The van der Waals surface area contributed by atoms with Crippen molar-refractivity contribution >= 4 is 39.4 Å². The highest BCUT2D eigenvalue weighted by molar-refractivity contribution is 14.1. The topological polar surface area (TPSA) is 54.1 Å². The normalized spacial score (nSPS) is 12.1. The summed E-state index contributed by atoms with van der Waals surface area (Å²) in [5.41, 5.74) is 4.01. The van der Waals surface area contributed by atoms with E-state index in [0.717, 1.165) is 27.8 Å². The summed E-state index contributed by atoms with van der Waals surface area (Å²) in [6.45, 7) is 2.11. The van der Waals surface area contributed by atoms with Gasteiger partial charge in [-0.1, -0.05) is 40.8 Å². The third kappa shape index (κ3) is 3.81. The summed E-state index contributed by atoms with van der Waals surface area (Å²) in [5, 5.41) is 4.38. The fourth-order valence-electron chi connectivity index (χ4n) is 3.03. The molecule has 130 valence electrons. The van der Waals surface area contributed by atoms with Crippen LogP contribution in [0.1, 0.15) is 34.1 Å². The molecule has 4 nitrogen and oxygen atoms in total. The van der Waals surface area contributed by atoms with Gasteiger partial charge in [-0.3, -0.25) is 4.79 Å². The van der Waals surface area contributed by atoms with Crippen LogP contribution in [0.5, 0.6) is 5.75 Å². The summed E-state index contributed by atoms with van der Waals surface area (Å²) < 4.78 is 6.11. The zero-order chi connectivity index (χ0) is 17.8. The van der Waals surface area contributed by atoms with E-state index in [0.29, 0.717) is 5.56 Å². The number of nitrogens with one attached hydrogen (secondary N) is 2. The summed E-state index contributed by atoms with van der Waals surface area (Å²) in [5.74, 6) is 0.669. The van der Waals surface area contributed by atoms with Gasteiger partial charge in [0.15, 0.2) is 0 Å². The van der Waals surface area contributed by atoms with Crippen LogP contribution in [0.4, 0.5) is 0 Å². The Labute approximate surface area is 161 Å². The number of rotatable bonds is 6. The van der Waals surface area contributed by atoms with E-state index < -0.39 is 0 Å². The van der Waals surface area contributed by atoms with Gasteiger partial charge in [0.25, 0.3) is 5.91 Å². The van der Waals surface area contributed by atoms with Crippen LogP contribution in [0.15, 0.2) is 48.5 Å². The molecule has 1 atom stereocenters. The summed E-state index contributed by atoms with van der Waals surface area (Å²) in [6, 6.07) is 15.4. The van der Waals surface area contributed by atoms with E-state index in [-0.39, 0.29) is 11.9 Å². The Kier molecular flexibility index (Phi) is 5.63. The van der Waals surface area contributed by atoms with Gasteiger partial charge in [0.05, 0.1) is 13.2 Å². The summed E-state index contributed by atoms with van der Waals surface area (Å²) in [7, 11) is 1.62. The van der Waals surface area contributed by atoms with Crippen molar-refractivity contribution in [3.63, 3.8) is 0 Å². The lowest BCUT2D eigenvalue weighted by Gasteiger charge is -2.18. The third-order valence-corrected chi connectivity index (χ3v) is 5.03. The minimum absolute atomic E-state index is 0.0427. The minimum Gasteiger partial charge on any atom is -0.497 e. The van der Waals surface area contributed by atoms with E-state index >= 15 is 0 Å². The number of H-pyrrole nitrogens is 1. The van der Waals surface area contributed by atoms with Crippen LogP contribution >= 0.6 is 22.6 Å². The van der Waals surface area contributed by atoms with Crippen molar-refractivity contribution in [3.8, 4) is 5.75 Å². The SMILES string of the molecule is COc1ccc(C(=O)NC(CCI)c2[nH]c3ccccc3c2C)cc1. The number of amides is 1. The monoisotopic (exact) mass is 448 g/mol. The van der Waals surface area contributed by atoms with Crippen LogP contribution in [0.3, 0.4) is 0 Å². The Morgan fingerprint density at radius 3 is 2.56 bits per heavy atom. The van der Waals surface area contributed by atoms with Crippen molar-refractivity contribution in [2.45, 2.75) is 19.4 Å². The summed E-state index contributed by atoms with van der Waals surface area (Å²) in [4.78, 5) is 16.1. The van der Waals surface area contributed by atoms with E-state index in [4.69, 9.17) is 4.74 Å². The number of hydrogen-bond acceptors (Lipinski definition) is 2. The van der Waals surface area contributed by atoms with Crippen LogP contribution in [0.2, 0.25) is 0 Å². The molecule has 3 rings (SSSR count). The Hall–Kier alpha value is -2.02. The first-order chi connectivity index (χ1) is 12.1. The number of carbonyl (C=O) groups excluding carboxylic acids is 1. The molecule has 2 aromatic carbocycles. The highest BCUT2D eigenvalue weighted by Crippen LogP contribution is 2.28. The van der Waals surface area contributed by atoms with Crippen LogP contribution in [-0.2, 0) is 0 Å². The highest BCUT2D eigenvalue weighted by Gasteiger charge is 2.20. The van der Waals surface area contributed by atoms with Crippen molar-refractivity contribution in [1.82, 2.24) is 10.3 Å². The zero-order valence-electron chi connectivity index (χ0n) is 14.3. The smallest absolute Gasteiger partial charge is 0.251 e. The fourth-order valence-corrected chi connectivity index (χ4v) is 3.66. The predicted molar refractivity (Wildman–Crippen MR) is 110 cm³/mol. The van der Waals surface area contributed by atoms with E-state index in [1.54, 1.807) is 31.4 Å². The average Bonchev–Trinajstić information content (AvgIpc) is 2.98. The minimum atomic E-state index is -0.0736. The van der Waals surface area contributed by atoms with Gasteiger partial charge in [0.1, 0.15) is 5.75 Å². The number of hydrogen-bond donors (Lipinski definition) is 2. The van der Waals surface area contributed by atoms with Gasteiger partial charge in [-0.25, -0.2) is 0 Å². The van der Waals surface area contributed by atoms with E-state index in [9.17, 15) is 4.79 Å². The van der Waals surface area contributed by atoms with Gasteiger partial charge < -0.3 is 15.0 Å². The van der Waals surface area contributed by atoms with Gasteiger partial charge in [-0.2, -0.15) is 0 Å². The van der Waals surface area contributed by atoms with Crippen LogP contribution in [0, 0.1) is 6.92 Å². The second-order valence-corrected chi connectivity index (χ2v) is 7.02. The van der Waals surface area contributed by atoms with E-state index in [1.807, 2.05) is 12.1 Å². The van der Waals surface area contributed by atoms with Crippen molar-refractivity contribution in [2.24, 2.45) is 0 Å². The first-order valence-corrected chi connectivity index (χ1v) is 9.74. The fraction of sp³-hybridized carbons (Fsp3) is 0.250. The van der Waals surface area contributed by atoms with Gasteiger partial charge >= 0.3 is 0 Å². The van der Waals surface area contributed by atoms with Crippen molar-refractivity contribution in [2.75, 3.05) is 11.5 Å². The average molecular weight is 448 g/mol. The second kappa shape index (κ2) is 7.91. The summed E-state index contributed by atoms with van der Waals surface area (Å²) >= 11 is 2.35. The van der Waals surface area contributed by atoms with Crippen LogP contribution in [0.25, 0.3) is 10.9 Å². The number of alkyl halides is 1. The maximum absolute atomic E-state index is 12.7. The molecule has 0 fully saturated rings. The molecule has 0 radical (unpaired) electrons. The molecule has 1 heterocycles. The number of carbonyl (C=O) groups is 1. The van der Waals surface area contributed by atoms with E-state index in [2.05, 4.69) is 51.9 Å². The molecule has 0 saturated carbocycles. The third-order valence-electron chi connectivity index (χ3n) is 4.41. The number of fused-ring (bicyclic) bond motifs is 1. The highest BCUT2D eigenvalue weighted by atomic mass is 127. The van der Waals surface area contributed by atoms with Crippen LogP contribution in [-0.4, -0.2) is 22.4 Å². The van der Waals surface area contributed by atoms with Gasteiger partial charge in [0, 0.05) is 26.6 Å². The second-order valence-electron chi connectivity index (χ2n) is 5.94. The number of para-hydroxylation sites is 1. The molecule has 0 aliphatic heterocycles.